The number of phenolic OH excluding ortho intramolecular Hbond substituents is 1. The molecule has 0 aliphatic heterocycles. The minimum absolute atomic E-state index is 0.0580. The molecule has 5 nitrogen and oxygen atoms in total. The summed E-state index contributed by atoms with van der Waals surface area (Å²) in [6.07, 6.45) is -4.47. The van der Waals surface area contributed by atoms with Crippen LogP contribution in [-0.2, 0) is 11.0 Å². The van der Waals surface area contributed by atoms with E-state index in [0.717, 1.165) is 24.3 Å². The number of carbonyl (C=O) groups is 2. The number of halogens is 4. The molecule has 2 aromatic rings. The van der Waals surface area contributed by atoms with Crippen molar-refractivity contribution < 1.29 is 27.9 Å². The van der Waals surface area contributed by atoms with Crippen molar-refractivity contribution in [3.63, 3.8) is 0 Å². The summed E-state index contributed by atoms with van der Waals surface area (Å²) in [5.74, 6) is -1.95. The fourth-order valence-corrected chi connectivity index (χ4v) is 2.58. The van der Waals surface area contributed by atoms with E-state index in [1.807, 2.05) is 0 Å². The number of alkyl halides is 3. The van der Waals surface area contributed by atoms with Gasteiger partial charge in [0, 0.05) is 10.7 Å². The highest BCUT2D eigenvalue weighted by Crippen LogP contribution is 2.30. The molecular formula is C19H18ClF3N2O3. The van der Waals surface area contributed by atoms with Crippen molar-refractivity contribution in [3.05, 3.63) is 58.6 Å². The van der Waals surface area contributed by atoms with Crippen LogP contribution in [0.4, 0.5) is 18.9 Å². The average Bonchev–Trinajstić information content (AvgIpc) is 2.58. The van der Waals surface area contributed by atoms with Crippen molar-refractivity contribution in [2.75, 3.05) is 5.32 Å². The molecule has 0 saturated heterocycles. The summed E-state index contributed by atoms with van der Waals surface area (Å²) in [6.45, 7) is 3.39. The van der Waals surface area contributed by atoms with Gasteiger partial charge in [-0.2, -0.15) is 13.2 Å². The SMILES string of the molecule is CC(C)[C@H](NC(=O)c1ccc(Cl)cc1O)C(=O)Nc1ccc(C(F)(F)F)cc1. The number of phenols is 1. The minimum atomic E-state index is -4.47. The lowest BCUT2D eigenvalue weighted by Gasteiger charge is -2.22. The molecule has 2 aromatic carbocycles. The first-order valence-electron chi connectivity index (χ1n) is 8.26. The summed E-state index contributed by atoms with van der Waals surface area (Å²) < 4.78 is 37.8. The predicted molar refractivity (Wildman–Crippen MR) is 99.3 cm³/mol. The first-order valence-corrected chi connectivity index (χ1v) is 8.64. The second-order valence-corrected chi connectivity index (χ2v) is 6.86. The zero-order valence-corrected chi connectivity index (χ0v) is 15.7. The Kier molecular flexibility index (Phi) is 6.56. The van der Waals surface area contributed by atoms with Crippen molar-refractivity contribution in [1.82, 2.24) is 5.32 Å². The number of anilines is 1. The molecule has 9 heteroatoms. The van der Waals surface area contributed by atoms with E-state index < -0.39 is 29.6 Å². The van der Waals surface area contributed by atoms with Crippen LogP contribution in [0.1, 0.15) is 29.8 Å². The highest BCUT2D eigenvalue weighted by molar-refractivity contribution is 6.30. The first kappa shape index (κ1) is 21.6. The lowest BCUT2D eigenvalue weighted by atomic mass is 10.0. The molecule has 0 radical (unpaired) electrons. The minimum Gasteiger partial charge on any atom is -0.507 e. The molecule has 0 aliphatic carbocycles. The molecule has 0 bridgehead atoms. The third kappa shape index (κ3) is 5.39. The van der Waals surface area contributed by atoms with Gasteiger partial charge < -0.3 is 15.7 Å². The number of hydrogen-bond donors (Lipinski definition) is 3. The van der Waals surface area contributed by atoms with Gasteiger partial charge in [0.1, 0.15) is 11.8 Å². The molecule has 3 N–H and O–H groups in total. The summed E-state index contributed by atoms with van der Waals surface area (Å²) in [4.78, 5) is 24.9. The molecule has 0 saturated carbocycles. The number of aromatic hydroxyl groups is 1. The second kappa shape index (κ2) is 8.52. The van der Waals surface area contributed by atoms with Crippen LogP contribution in [0.25, 0.3) is 0 Å². The van der Waals surface area contributed by atoms with Gasteiger partial charge >= 0.3 is 6.18 Å². The largest absolute Gasteiger partial charge is 0.507 e. The molecule has 1 atom stereocenters. The molecule has 0 spiro atoms. The van der Waals surface area contributed by atoms with Gasteiger partial charge in [-0.15, -0.1) is 0 Å². The van der Waals surface area contributed by atoms with Crippen molar-refractivity contribution in [2.45, 2.75) is 26.1 Å². The van der Waals surface area contributed by atoms with Crippen LogP contribution in [0, 0.1) is 5.92 Å². The van der Waals surface area contributed by atoms with E-state index in [0.29, 0.717) is 0 Å². The highest BCUT2D eigenvalue weighted by Gasteiger charge is 2.30. The number of nitrogens with one attached hydrogen (secondary N) is 2. The summed E-state index contributed by atoms with van der Waals surface area (Å²) in [7, 11) is 0. The van der Waals surface area contributed by atoms with Crippen molar-refractivity contribution in [1.29, 1.82) is 0 Å². The van der Waals surface area contributed by atoms with Gasteiger partial charge in [-0.1, -0.05) is 25.4 Å². The number of carbonyl (C=O) groups excluding carboxylic acids is 2. The van der Waals surface area contributed by atoms with Gasteiger partial charge in [-0.3, -0.25) is 9.59 Å². The average molecular weight is 415 g/mol. The molecule has 0 aliphatic rings. The maximum Gasteiger partial charge on any atom is 0.416 e. The lowest BCUT2D eigenvalue weighted by Crippen LogP contribution is -2.47. The van der Waals surface area contributed by atoms with Crippen LogP contribution in [0.15, 0.2) is 42.5 Å². The molecule has 0 heterocycles. The van der Waals surface area contributed by atoms with E-state index in [2.05, 4.69) is 10.6 Å². The van der Waals surface area contributed by atoms with Crippen LogP contribution in [0.3, 0.4) is 0 Å². The molecule has 2 amide bonds. The Balaban J connectivity index is 2.12. The molecule has 2 rings (SSSR count). The van der Waals surface area contributed by atoms with Crippen LogP contribution >= 0.6 is 11.6 Å². The Morgan fingerprint density at radius 2 is 1.68 bits per heavy atom. The summed E-state index contributed by atoms with van der Waals surface area (Å²) >= 11 is 5.73. The highest BCUT2D eigenvalue weighted by atomic mass is 35.5. The second-order valence-electron chi connectivity index (χ2n) is 6.42. The Labute approximate surface area is 164 Å². The van der Waals surface area contributed by atoms with Crippen LogP contribution in [0.5, 0.6) is 5.75 Å². The third-order valence-corrected chi connectivity index (χ3v) is 4.15. The Morgan fingerprint density at radius 3 is 2.18 bits per heavy atom. The maximum absolute atomic E-state index is 12.6. The zero-order valence-electron chi connectivity index (χ0n) is 15.0. The van der Waals surface area contributed by atoms with Gasteiger partial charge in [0.25, 0.3) is 5.91 Å². The number of amides is 2. The fourth-order valence-electron chi connectivity index (χ4n) is 2.41. The lowest BCUT2D eigenvalue weighted by molar-refractivity contribution is -0.137. The van der Waals surface area contributed by atoms with Crippen molar-refractivity contribution in [3.8, 4) is 5.75 Å². The molecule has 0 aromatic heterocycles. The van der Waals surface area contributed by atoms with Crippen molar-refractivity contribution >= 4 is 29.1 Å². The summed E-state index contributed by atoms with van der Waals surface area (Å²) in [6, 6.07) is 6.92. The van der Waals surface area contributed by atoms with E-state index in [1.165, 1.54) is 18.2 Å². The normalized spacial score (nSPS) is 12.5. The number of benzene rings is 2. The molecule has 28 heavy (non-hydrogen) atoms. The van der Waals surface area contributed by atoms with E-state index in [1.54, 1.807) is 13.8 Å². The number of rotatable bonds is 5. The Hall–Kier alpha value is -2.74. The molecule has 0 unspecified atom stereocenters. The zero-order chi connectivity index (χ0) is 21.1. The maximum atomic E-state index is 12.6. The third-order valence-electron chi connectivity index (χ3n) is 3.92. The van der Waals surface area contributed by atoms with Gasteiger partial charge in [0.15, 0.2) is 0 Å². The van der Waals surface area contributed by atoms with Crippen molar-refractivity contribution in [2.24, 2.45) is 5.92 Å². The molecular weight excluding hydrogens is 397 g/mol. The Morgan fingerprint density at radius 1 is 1.07 bits per heavy atom. The monoisotopic (exact) mass is 414 g/mol. The standard InChI is InChI=1S/C19H18ClF3N2O3/c1-10(2)16(25-17(27)14-8-5-12(20)9-15(14)26)18(28)24-13-6-3-11(4-7-13)19(21,22)23/h3-10,16,26H,1-2H3,(H,24,28)(H,25,27)/t16-/m0/s1. The van der Waals surface area contributed by atoms with E-state index in [-0.39, 0.29) is 27.9 Å². The first-order chi connectivity index (χ1) is 13.0. The van der Waals surface area contributed by atoms with E-state index in [9.17, 15) is 27.9 Å². The topological polar surface area (TPSA) is 78.4 Å². The number of hydrogen-bond acceptors (Lipinski definition) is 3. The predicted octanol–water partition coefficient (Wildman–Crippen LogP) is 4.46. The van der Waals surface area contributed by atoms with Crippen LogP contribution in [-0.4, -0.2) is 23.0 Å². The van der Waals surface area contributed by atoms with Gasteiger partial charge in [-0.05, 0) is 48.4 Å². The summed E-state index contributed by atoms with van der Waals surface area (Å²) in [5, 5.41) is 15.1. The van der Waals surface area contributed by atoms with Gasteiger partial charge in [0.2, 0.25) is 5.91 Å². The quantitative estimate of drug-likeness (QED) is 0.676. The molecule has 0 fully saturated rings. The summed E-state index contributed by atoms with van der Waals surface area (Å²) in [5.41, 5.74) is -0.734. The van der Waals surface area contributed by atoms with E-state index >= 15 is 0 Å². The smallest absolute Gasteiger partial charge is 0.416 e. The van der Waals surface area contributed by atoms with Gasteiger partial charge in [0.05, 0.1) is 11.1 Å². The van der Waals surface area contributed by atoms with Crippen LogP contribution < -0.4 is 10.6 Å². The molecule has 150 valence electrons. The Bertz CT molecular complexity index is 868. The van der Waals surface area contributed by atoms with E-state index in [4.69, 9.17) is 11.6 Å². The van der Waals surface area contributed by atoms with Gasteiger partial charge in [-0.25, -0.2) is 0 Å². The van der Waals surface area contributed by atoms with Crippen LogP contribution in [0.2, 0.25) is 5.02 Å². The fraction of sp³-hybridized carbons (Fsp3) is 0.263.